The number of carbonyl (C=O) groups is 1. The van der Waals surface area contributed by atoms with Gasteiger partial charge in [0.15, 0.2) is 5.13 Å². The molecule has 1 aromatic carbocycles. The third-order valence-electron chi connectivity index (χ3n) is 4.35. The number of aliphatic hydroxyl groups is 1. The van der Waals surface area contributed by atoms with Crippen LogP contribution >= 0.6 is 11.3 Å². The Kier molecular flexibility index (Phi) is 4.60. The van der Waals surface area contributed by atoms with Gasteiger partial charge in [0.2, 0.25) is 5.91 Å². The molecule has 128 valence electrons. The molecule has 0 bridgehead atoms. The number of anilines is 1. The number of ether oxygens (including phenoxy) is 1. The molecular formula is C18H22N2O3S. The monoisotopic (exact) mass is 346 g/mol. The highest BCUT2D eigenvalue weighted by Gasteiger charge is 2.26. The average molecular weight is 346 g/mol. The zero-order valence-electron chi connectivity index (χ0n) is 14.1. The number of carbonyl (C=O) groups excluding carboxylic acids is 1. The van der Waals surface area contributed by atoms with E-state index in [0.29, 0.717) is 5.13 Å². The number of aromatic nitrogens is 1. The molecular weight excluding hydrogens is 324 g/mol. The predicted molar refractivity (Wildman–Crippen MR) is 94.5 cm³/mol. The number of benzene rings is 1. The molecule has 2 N–H and O–H groups in total. The number of thiazole rings is 1. The molecule has 1 aliphatic rings. The lowest BCUT2D eigenvalue weighted by atomic mass is 9.83. The molecule has 5 nitrogen and oxygen atoms in total. The number of aryl methyl sites for hydroxylation is 1. The summed E-state index contributed by atoms with van der Waals surface area (Å²) in [6, 6.07) is 6.04. The van der Waals surface area contributed by atoms with Crippen LogP contribution in [0.2, 0.25) is 0 Å². The molecule has 1 unspecified atom stereocenters. The number of hydrogen-bond donors (Lipinski definition) is 2. The van der Waals surface area contributed by atoms with Crippen LogP contribution in [0, 0.1) is 5.92 Å². The lowest BCUT2D eigenvalue weighted by Gasteiger charge is -2.23. The van der Waals surface area contributed by atoms with Crippen molar-refractivity contribution in [1.29, 1.82) is 0 Å². The summed E-state index contributed by atoms with van der Waals surface area (Å²) in [6.45, 7) is 3.41. The number of hydrogen-bond acceptors (Lipinski definition) is 5. The summed E-state index contributed by atoms with van der Waals surface area (Å²) in [5, 5.41) is 13.4. The second-order valence-electron chi connectivity index (χ2n) is 6.65. The van der Waals surface area contributed by atoms with Gasteiger partial charge in [0.25, 0.3) is 0 Å². The first-order valence-corrected chi connectivity index (χ1v) is 8.84. The van der Waals surface area contributed by atoms with Crippen LogP contribution in [0.5, 0.6) is 5.75 Å². The van der Waals surface area contributed by atoms with E-state index in [-0.39, 0.29) is 11.8 Å². The molecule has 0 saturated heterocycles. The van der Waals surface area contributed by atoms with E-state index in [1.165, 1.54) is 22.5 Å². The van der Waals surface area contributed by atoms with Crippen molar-refractivity contribution in [3.8, 4) is 5.75 Å². The van der Waals surface area contributed by atoms with Crippen molar-refractivity contribution in [3.63, 3.8) is 0 Å². The first-order valence-electron chi connectivity index (χ1n) is 8.02. The zero-order valence-corrected chi connectivity index (χ0v) is 14.9. The molecule has 6 heteroatoms. The Balaban J connectivity index is 1.67. The van der Waals surface area contributed by atoms with Crippen molar-refractivity contribution in [3.05, 3.63) is 40.4 Å². The molecule has 1 aromatic heterocycles. The number of nitrogens with zero attached hydrogens (tertiary/aromatic N) is 1. The van der Waals surface area contributed by atoms with Crippen LogP contribution in [-0.4, -0.2) is 23.1 Å². The second-order valence-corrected chi connectivity index (χ2v) is 7.68. The minimum absolute atomic E-state index is 0.00638. The third-order valence-corrected chi connectivity index (χ3v) is 5.58. The highest BCUT2D eigenvalue weighted by molar-refractivity contribution is 7.15. The molecule has 24 heavy (non-hydrogen) atoms. The van der Waals surface area contributed by atoms with Gasteiger partial charge in [-0.25, -0.2) is 4.98 Å². The molecule has 3 rings (SSSR count). The smallest absolute Gasteiger partial charge is 0.229 e. The summed E-state index contributed by atoms with van der Waals surface area (Å²) in [7, 11) is 1.66. The van der Waals surface area contributed by atoms with Gasteiger partial charge in [-0.05, 0) is 56.4 Å². The standard InChI is InChI=1S/C18H22N2O3S/c1-18(2,22)15-10-19-17(24-15)20-16(21)13-5-4-12-9-14(23-3)7-6-11(12)8-13/h6-7,9-10,13,22H,4-5,8H2,1-3H3,(H,19,20,21). The van der Waals surface area contributed by atoms with Gasteiger partial charge in [-0.3, -0.25) is 4.79 Å². The minimum Gasteiger partial charge on any atom is -0.497 e. The van der Waals surface area contributed by atoms with Gasteiger partial charge >= 0.3 is 0 Å². The zero-order chi connectivity index (χ0) is 17.3. The summed E-state index contributed by atoms with van der Waals surface area (Å²) in [5.41, 5.74) is 1.53. The highest BCUT2D eigenvalue weighted by Crippen LogP contribution is 2.31. The molecule has 0 spiro atoms. The summed E-state index contributed by atoms with van der Waals surface area (Å²) >= 11 is 1.31. The molecule has 0 saturated carbocycles. The topological polar surface area (TPSA) is 71.5 Å². The van der Waals surface area contributed by atoms with Crippen LogP contribution in [0.4, 0.5) is 5.13 Å². The Morgan fingerprint density at radius 3 is 2.88 bits per heavy atom. The Morgan fingerprint density at radius 2 is 2.21 bits per heavy atom. The third kappa shape index (κ3) is 3.60. The number of rotatable bonds is 4. The van der Waals surface area contributed by atoms with Gasteiger partial charge < -0.3 is 15.2 Å². The van der Waals surface area contributed by atoms with Crippen LogP contribution in [0.25, 0.3) is 0 Å². The van der Waals surface area contributed by atoms with E-state index in [0.717, 1.165) is 29.9 Å². The van der Waals surface area contributed by atoms with Gasteiger partial charge in [0, 0.05) is 12.1 Å². The van der Waals surface area contributed by atoms with Gasteiger partial charge in [0.1, 0.15) is 5.75 Å². The maximum atomic E-state index is 12.5. The highest BCUT2D eigenvalue weighted by atomic mass is 32.1. The molecule has 1 heterocycles. The van der Waals surface area contributed by atoms with Crippen molar-refractivity contribution < 1.29 is 14.6 Å². The van der Waals surface area contributed by atoms with Crippen LogP contribution in [0.15, 0.2) is 24.4 Å². The minimum atomic E-state index is -0.941. The predicted octanol–water partition coefficient (Wildman–Crippen LogP) is 3.12. The molecule has 1 aliphatic carbocycles. The first kappa shape index (κ1) is 16.9. The fourth-order valence-electron chi connectivity index (χ4n) is 2.90. The number of nitrogens with one attached hydrogen (secondary N) is 1. The normalized spacial score (nSPS) is 17.2. The SMILES string of the molecule is COc1ccc2c(c1)CCC(C(=O)Nc1ncc(C(C)(C)O)s1)C2. The molecule has 1 amide bonds. The van der Waals surface area contributed by atoms with Gasteiger partial charge in [-0.15, -0.1) is 0 Å². The first-order chi connectivity index (χ1) is 11.4. The number of fused-ring (bicyclic) bond motifs is 1. The van der Waals surface area contributed by atoms with Crippen molar-refractivity contribution in [1.82, 2.24) is 4.98 Å². The van der Waals surface area contributed by atoms with Gasteiger partial charge in [0.05, 0.1) is 17.6 Å². The van der Waals surface area contributed by atoms with Gasteiger partial charge in [-0.2, -0.15) is 0 Å². The molecule has 0 radical (unpaired) electrons. The van der Waals surface area contributed by atoms with Crippen LogP contribution in [-0.2, 0) is 23.2 Å². The Bertz CT molecular complexity index is 749. The van der Waals surface area contributed by atoms with E-state index >= 15 is 0 Å². The maximum Gasteiger partial charge on any atom is 0.229 e. The Morgan fingerprint density at radius 1 is 1.42 bits per heavy atom. The van der Waals surface area contributed by atoms with Crippen molar-refractivity contribution in [2.45, 2.75) is 38.7 Å². The molecule has 2 aromatic rings. The van der Waals surface area contributed by atoms with Crippen molar-refractivity contribution >= 4 is 22.4 Å². The van der Waals surface area contributed by atoms with E-state index in [1.54, 1.807) is 27.2 Å². The molecule has 0 aliphatic heterocycles. The molecule has 1 atom stereocenters. The quantitative estimate of drug-likeness (QED) is 0.892. The van der Waals surface area contributed by atoms with E-state index in [1.807, 2.05) is 12.1 Å². The molecule has 0 fully saturated rings. The summed E-state index contributed by atoms with van der Waals surface area (Å²) in [5.74, 6) is 0.798. The van der Waals surface area contributed by atoms with Crippen LogP contribution in [0.1, 0.15) is 36.3 Å². The fourth-order valence-corrected chi connectivity index (χ4v) is 3.72. The van der Waals surface area contributed by atoms with E-state index in [9.17, 15) is 9.90 Å². The average Bonchev–Trinajstić information content (AvgIpc) is 3.02. The summed E-state index contributed by atoms with van der Waals surface area (Å²) < 4.78 is 5.26. The lowest BCUT2D eigenvalue weighted by molar-refractivity contribution is -0.120. The van der Waals surface area contributed by atoms with Crippen molar-refractivity contribution in [2.24, 2.45) is 5.92 Å². The van der Waals surface area contributed by atoms with E-state index in [2.05, 4.69) is 16.4 Å². The maximum absolute atomic E-state index is 12.5. The summed E-state index contributed by atoms with van der Waals surface area (Å²) in [6.07, 6.45) is 4.03. The number of methoxy groups -OCH3 is 1. The van der Waals surface area contributed by atoms with E-state index in [4.69, 9.17) is 4.74 Å². The summed E-state index contributed by atoms with van der Waals surface area (Å²) in [4.78, 5) is 17.5. The Hall–Kier alpha value is -1.92. The van der Waals surface area contributed by atoms with Crippen molar-refractivity contribution in [2.75, 3.05) is 12.4 Å². The Labute approximate surface area is 145 Å². The lowest BCUT2D eigenvalue weighted by Crippen LogP contribution is -2.28. The fraction of sp³-hybridized carbons (Fsp3) is 0.444. The van der Waals surface area contributed by atoms with Gasteiger partial charge in [-0.1, -0.05) is 17.4 Å². The largest absolute Gasteiger partial charge is 0.497 e. The van der Waals surface area contributed by atoms with Crippen LogP contribution in [0.3, 0.4) is 0 Å². The number of amides is 1. The van der Waals surface area contributed by atoms with E-state index < -0.39 is 5.60 Å². The second kappa shape index (κ2) is 6.53. The van der Waals surface area contributed by atoms with Crippen LogP contribution < -0.4 is 10.1 Å².